The number of fused-ring (bicyclic) bond motifs is 1. The predicted octanol–water partition coefficient (Wildman–Crippen LogP) is 2.84. The van der Waals surface area contributed by atoms with E-state index in [0.29, 0.717) is 5.13 Å². The van der Waals surface area contributed by atoms with Crippen molar-refractivity contribution in [2.24, 2.45) is 0 Å². The summed E-state index contributed by atoms with van der Waals surface area (Å²) in [6.07, 6.45) is 0.807. The lowest BCUT2D eigenvalue weighted by Gasteiger charge is -2.06. The molecule has 0 fully saturated rings. The number of nitrogen functional groups attached to an aromatic ring is 1. The van der Waals surface area contributed by atoms with E-state index in [1.165, 1.54) is 11.3 Å². The Bertz CT molecular complexity index is 620. The number of nitrogens with one attached hydrogen (secondary N) is 1. The van der Waals surface area contributed by atoms with Gasteiger partial charge in [-0.2, -0.15) is 0 Å². The van der Waals surface area contributed by atoms with E-state index in [-0.39, 0.29) is 11.8 Å². The first kappa shape index (κ1) is 11.2. The first-order valence-corrected chi connectivity index (χ1v) is 6.73. The Balaban J connectivity index is 2.06. The van der Waals surface area contributed by atoms with Gasteiger partial charge in [0.15, 0.2) is 5.13 Å². The summed E-state index contributed by atoms with van der Waals surface area (Å²) in [6.45, 7) is 2.02. The summed E-state index contributed by atoms with van der Waals surface area (Å²) in [4.78, 5) is 16.0. The molecule has 0 spiro atoms. The number of carbonyl (C=O) groups is 1. The fourth-order valence-corrected chi connectivity index (χ4v) is 2.88. The molecule has 92 valence electrons. The van der Waals surface area contributed by atoms with Gasteiger partial charge < -0.3 is 11.1 Å². The third-order valence-corrected chi connectivity index (χ3v) is 3.90. The molecule has 0 saturated carbocycles. The number of aromatic nitrogens is 1. The third-order valence-electron chi connectivity index (χ3n) is 3.23. The molecule has 0 aliphatic carbocycles. The van der Waals surface area contributed by atoms with E-state index in [9.17, 15) is 4.79 Å². The van der Waals surface area contributed by atoms with Crippen molar-refractivity contribution in [2.75, 3.05) is 11.1 Å². The van der Waals surface area contributed by atoms with Crippen molar-refractivity contribution in [1.29, 1.82) is 0 Å². The molecule has 18 heavy (non-hydrogen) atoms. The Hall–Kier alpha value is -1.88. The van der Waals surface area contributed by atoms with Gasteiger partial charge in [0, 0.05) is 16.6 Å². The van der Waals surface area contributed by atoms with Gasteiger partial charge in [0.25, 0.3) is 0 Å². The maximum Gasteiger partial charge on any atom is 0.231 e. The molecule has 0 bridgehead atoms. The zero-order valence-electron chi connectivity index (χ0n) is 9.93. The minimum atomic E-state index is -0.0454. The van der Waals surface area contributed by atoms with Crippen molar-refractivity contribution in [1.82, 2.24) is 4.98 Å². The lowest BCUT2D eigenvalue weighted by Crippen LogP contribution is -2.10. The highest BCUT2D eigenvalue weighted by molar-refractivity contribution is 7.13. The number of thiazole rings is 1. The summed E-state index contributed by atoms with van der Waals surface area (Å²) in [5.41, 5.74) is 9.50. The maximum atomic E-state index is 11.8. The largest absolute Gasteiger partial charge is 0.375 e. The monoisotopic (exact) mass is 259 g/mol. The smallest absolute Gasteiger partial charge is 0.231 e. The van der Waals surface area contributed by atoms with Gasteiger partial charge in [0.2, 0.25) is 5.91 Å². The highest BCUT2D eigenvalue weighted by atomic mass is 32.1. The van der Waals surface area contributed by atoms with Crippen LogP contribution in [-0.4, -0.2) is 10.9 Å². The molecule has 1 aromatic heterocycles. The molecule has 1 unspecified atom stereocenters. The molecule has 1 amide bonds. The summed E-state index contributed by atoms with van der Waals surface area (Å²) >= 11 is 1.42. The minimum Gasteiger partial charge on any atom is -0.375 e. The Morgan fingerprint density at radius 1 is 1.50 bits per heavy atom. The number of hydrogen-bond donors (Lipinski definition) is 2. The molecule has 4 nitrogen and oxygen atoms in total. The van der Waals surface area contributed by atoms with Crippen LogP contribution in [0, 0.1) is 0 Å². The predicted molar refractivity (Wildman–Crippen MR) is 73.6 cm³/mol. The van der Waals surface area contributed by atoms with E-state index in [2.05, 4.69) is 10.3 Å². The van der Waals surface area contributed by atoms with E-state index in [0.717, 1.165) is 28.9 Å². The van der Waals surface area contributed by atoms with E-state index < -0.39 is 0 Å². The lowest BCUT2D eigenvalue weighted by molar-refractivity contribution is -0.117. The number of rotatable bonds is 2. The molecule has 0 saturated heterocycles. The molecule has 1 aromatic carbocycles. The number of nitrogens with zero attached hydrogens (tertiary/aromatic N) is 1. The van der Waals surface area contributed by atoms with Gasteiger partial charge in [-0.05, 0) is 24.1 Å². The molecule has 5 heteroatoms. The quantitative estimate of drug-likeness (QED) is 0.871. The summed E-state index contributed by atoms with van der Waals surface area (Å²) in [6, 6.07) is 5.94. The zero-order valence-corrected chi connectivity index (χ0v) is 10.8. The van der Waals surface area contributed by atoms with Gasteiger partial charge in [0.05, 0.1) is 11.6 Å². The lowest BCUT2D eigenvalue weighted by atomic mass is 9.96. The second kappa shape index (κ2) is 4.10. The van der Waals surface area contributed by atoms with E-state index >= 15 is 0 Å². The van der Waals surface area contributed by atoms with Crippen LogP contribution in [0.2, 0.25) is 0 Å². The highest BCUT2D eigenvalue weighted by Crippen LogP contribution is 2.37. The molecule has 3 rings (SSSR count). The average molecular weight is 259 g/mol. The number of nitrogens with two attached hydrogens (primary N) is 1. The Morgan fingerprint density at radius 2 is 2.33 bits per heavy atom. The zero-order chi connectivity index (χ0) is 12.7. The molecule has 0 radical (unpaired) electrons. The standard InChI is InChI=1S/C13H13N3OS/c1-2-8-9-5-7(11-6-18-13(14)16-11)3-4-10(9)15-12(8)17/h3-6,8H,2H2,1H3,(H2,14,16)(H,15,17). The summed E-state index contributed by atoms with van der Waals surface area (Å²) in [5, 5.41) is 5.40. The van der Waals surface area contributed by atoms with E-state index in [1.807, 2.05) is 30.5 Å². The second-order valence-corrected chi connectivity index (χ2v) is 5.21. The molecule has 1 aliphatic heterocycles. The molecule has 1 atom stereocenters. The van der Waals surface area contributed by atoms with Crippen molar-refractivity contribution in [3.8, 4) is 11.3 Å². The maximum absolute atomic E-state index is 11.8. The number of amides is 1. The van der Waals surface area contributed by atoms with Crippen LogP contribution in [0.5, 0.6) is 0 Å². The molecular formula is C13H13N3OS. The molecule has 3 N–H and O–H groups in total. The van der Waals surface area contributed by atoms with Gasteiger partial charge in [-0.1, -0.05) is 13.0 Å². The first-order chi connectivity index (χ1) is 8.69. The number of benzene rings is 1. The third kappa shape index (κ3) is 1.67. The Morgan fingerprint density at radius 3 is 3.00 bits per heavy atom. The Labute approximate surface area is 109 Å². The SMILES string of the molecule is CCC1C(=O)Nc2ccc(-c3csc(N)n3)cc21. The van der Waals surface area contributed by atoms with Crippen molar-refractivity contribution < 1.29 is 4.79 Å². The normalized spacial score (nSPS) is 17.6. The average Bonchev–Trinajstić information content (AvgIpc) is 2.91. The Kier molecular flexibility index (Phi) is 2.56. The van der Waals surface area contributed by atoms with E-state index in [1.54, 1.807) is 0 Å². The minimum absolute atomic E-state index is 0.0454. The van der Waals surface area contributed by atoms with Crippen LogP contribution in [0.4, 0.5) is 10.8 Å². The van der Waals surface area contributed by atoms with Gasteiger partial charge in [-0.3, -0.25) is 4.79 Å². The van der Waals surface area contributed by atoms with Gasteiger partial charge in [0.1, 0.15) is 0 Å². The summed E-state index contributed by atoms with van der Waals surface area (Å²) < 4.78 is 0. The number of hydrogen-bond acceptors (Lipinski definition) is 4. The van der Waals surface area contributed by atoms with E-state index in [4.69, 9.17) is 5.73 Å². The molecule has 1 aliphatic rings. The highest BCUT2D eigenvalue weighted by Gasteiger charge is 2.29. The van der Waals surface area contributed by atoms with Crippen LogP contribution in [0.25, 0.3) is 11.3 Å². The second-order valence-electron chi connectivity index (χ2n) is 4.32. The van der Waals surface area contributed by atoms with Crippen molar-refractivity contribution in [3.63, 3.8) is 0 Å². The fraction of sp³-hybridized carbons (Fsp3) is 0.231. The molecule has 2 aromatic rings. The van der Waals surface area contributed by atoms with Gasteiger partial charge in [-0.25, -0.2) is 4.98 Å². The first-order valence-electron chi connectivity index (χ1n) is 5.85. The molecule has 2 heterocycles. The number of anilines is 2. The van der Waals surface area contributed by atoms with Gasteiger partial charge >= 0.3 is 0 Å². The van der Waals surface area contributed by atoms with Crippen LogP contribution in [-0.2, 0) is 4.79 Å². The molecular weight excluding hydrogens is 246 g/mol. The summed E-state index contributed by atoms with van der Waals surface area (Å²) in [7, 11) is 0. The van der Waals surface area contributed by atoms with Crippen molar-refractivity contribution in [3.05, 3.63) is 29.1 Å². The van der Waals surface area contributed by atoms with Crippen LogP contribution >= 0.6 is 11.3 Å². The summed E-state index contributed by atoms with van der Waals surface area (Å²) in [5.74, 6) is 0.0402. The van der Waals surface area contributed by atoms with Crippen LogP contribution in [0.15, 0.2) is 23.6 Å². The van der Waals surface area contributed by atoms with Crippen LogP contribution in [0.3, 0.4) is 0 Å². The van der Waals surface area contributed by atoms with Crippen LogP contribution in [0.1, 0.15) is 24.8 Å². The van der Waals surface area contributed by atoms with Crippen molar-refractivity contribution >= 4 is 28.1 Å². The number of carbonyl (C=O) groups excluding carboxylic acids is 1. The fourth-order valence-electron chi connectivity index (χ4n) is 2.31. The van der Waals surface area contributed by atoms with Crippen LogP contribution < -0.4 is 11.1 Å². The van der Waals surface area contributed by atoms with Crippen molar-refractivity contribution in [2.45, 2.75) is 19.3 Å². The topological polar surface area (TPSA) is 68.0 Å². The van der Waals surface area contributed by atoms with Gasteiger partial charge in [-0.15, -0.1) is 11.3 Å².